The van der Waals surface area contributed by atoms with Gasteiger partial charge in [-0.1, -0.05) is 24.3 Å². The third-order valence-electron chi connectivity index (χ3n) is 7.78. The maximum atomic E-state index is 12.3. The predicted molar refractivity (Wildman–Crippen MR) is 153 cm³/mol. The molecule has 5 heterocycles. The summed E-state index contributed by atoms with van der Waals surface area (Å²) in [5.41, 5.74) is 5.66. The summed E-state index contributed by atoms with van der Waals surface area (Å²) >= 11 is 0. The van der Waals surface area contributed by atoms with Gasteiger partial charge in [0.15, 0.2) is 11.5 Å². The van der Waals surface area contributed by atoms with Crippen LogP contribution in [0.5, 0.6) is 0 Å². The minimum atomic E-state index is -2.31. The van der Waals surface area contributed by atoms with E-state index in [9.17, 15) is 4.21 Å². The number of hydrogen-bond donors (Lipinski definition) is 1. The zero-order valence-electron chi connectivity index (χ0n) is 21.8. The Morgan fingerprint density at radius 2 is 1.84 bits per heavy atom. The highest BCUT2D eigenvalue weighted by molar-refractivity contribution is 7.92. The minimum absolute atomic E-state index is 0.463. The van der Waals surface area contributed by atoms with Crippen molar-refractivity contribution in [2.75, 3.05) is 24.9 Å². The van der Waals surface area contributed by atoms with Crippen molar-refractivity contribution < 1.29 is 4.21 Å². The fraction of sp³-hybridized carbons (Fsp3) is 0.345. The molecular weight excluding hydrogens is 494 g/mol. The normalized spacial score (nSPS) is 21.2. The van der Waals surface area contributed by atoms with E-state index in [-0.39, 0.29) is 0 Å². The molecule has 2 atom stereocenters. The Kier molecular flexibility index (Phi) is 5.42. The van der Waals surface area contributed by atoms with Gasteiger partial charge in [-0.3, -0.25) is 9.47 Å². The molecule has 2 unspecified atom stereocenters. The van der Waals surface area contributed by atoms with E-state index in [1.807, 2.05) is 18.3 Å². The van der Waals surface area contributed by atoms with E-state index in [1.54, 1.807) is 18.6 Å². The van der Waals surface area contributed by atoms with Gasteiger partial charge in [-0.25, -0.2) is 14.2 Å². The van der Waals surface area contributed by atoms with Crippen LogP contribution in [0.2, 0.25) is 0 Å². The van der Waals surface area contributed by atoms with Crippen LogP contribution < -0.4 is 5.32 Å². The summed E-state index contributed by atoms with van der Waals surface area (Å²) in [5.74, 6) is 2.21. The van der Waals surface area contributed by atoms with Crippen molar-refractivity contribution in [3.8, 4) is 5.82 Å². The second-order valence-corrected chi connectivity index (χ2v) is 13.5. The third-order valence-corrected chi connectivity index (χ3v) is 8.41. The number of likely N-dealkylation sites (N-methyl/N-ethyl adjacent to an activating group) is 1. The van der Waals surface area contributed by atoms with Crippen LogP contribution in [0.4, 0.5) is 17.5 Å². The average molecular weight is 526 g/mol. The molecule has 2 aliphatic heterocycles. The average Bonchev–Trinajstić information content (AvgIpc) is 3.50. The van der Waals surface area contributed by atoms with E-state index in [2.05, 4.69) is 67.6 Å². The van der Waals surface area contributed by atoms with Crippen molar-refractivity contribution >= 4 is 43.8 Å². The molecule has 4 aromatic rings. The molecule has 2 fully saturated rings. The molecule has 1 saturated heterocycles. The van der Waals surface area contributed by atoms with Crippen LogP contribution in [-0.4, -0.2) is 60.3 Å². The van der Waals surface area contributed by atoms with Crippen molar-refractivity contribution in [2.45, 2.75) is 43.7 Å². The second kappa shape index (κ2) is 8.74. The fourth-order valence-electron chi connectivity index (χ4n) is 5.83. The van der Waals surface area contributed by atoms with E-state index in [1.165, 1.54) is 29.7 Å². The molecule has 0 amide bonds. The summed E-state index contributed by atoms with van der Waals surface area (Å²) < 4.78 is 18.7. The highest BCUT2D eigenvalue weighted by Gasteiger charge is 2.38. The Hall–Kier alpha value is -3.56. The molecule has 1 aromatic carbocycles. The lowest BCUT2D eigenvalue weighted by Gasteiger charge is -2.18. The zero-order chi connectivity index (χ0) is 26.0. The summed E-state index contributed by atoms with van der Waals surface area (Å²) in [6.45, 7) is 0. The molecule has 3 aromatic heterocycles. The molecule has 1 saturated carbocycles. The number of hydrogen-bond acceptors (Lipinski definition) is 7. The zero-order valence-corrected chi connectivity index (χ0v) is 22.7. The Morgan fingerprint density at radius 1 is 1.03 bits per heavy atom. The number of fused-ring (bicyclic) bond motifs is 3. The monoisotopic (exact) mass is 525 g/mol. The number of pyridine rings is 1. The van der Waals surface area contributed by atoms with Crippen LogP contribution in [0.25, 0.3) is 22.4 Å². The van der Waals surface area contributed by atoms with Crippen molar-refractivity contribution in [3.05, 3.63) is 72.1 Å². The van der Waals surface area contributed by atoms with Crippen LogP contribution in [0.15, 0.2) is 65.2 Å². The highest BCUT2D eigenvalue weighted by atomic mass is 32.2. The van der Waals surface area contributed by atoms with Crippen LogP contribution >= 0.6 is 0 Å². The molecule has 8 nitrogen and oxygen atoms in total. The summed E-state index contributed by atoms with van der Waals surface area (Å²) in [5, 5.41) is 4.36. The van der Waals surface area contributed by atoms with Gasteiger partial charge in [0.2, 0.25) is 5.95 Å². The summed E-state index contributed by atoms with van der Waals surface area (Å²) in [4.78, 5) is 16.7. The van der Waals surface area contributed by atoms with Crippen LogP contribution in [0.1, 0.15) is 42.9 Å². The molecule has 0 radical (unpaired) electrons. The molecule has 3 aliphatic rings. The van der Waals surface area contributed by atoms with Crippen molar-refractivity contribution in [1.29, 1.82) is 0 Å². The molecular formula is C29H31N7OS. The second-order valence-electron chi connectivity index (χ2n) is 10.9. The predicted octanol–water partition coefficient (Wildman–Crippen LogP) is 5.66. The molecule has 1 aliphatic carbocycles. The van der Waals surface area contributed by atoms with Gasteiger partial charge < -0.3 is 5.32 Å². The standard InChI is InChI=1S/C29H31N7OS/c1-35-22-13-14-24(35)23(16-22)18-9-11-21(12-10-18)31-29-30-17-20-15-25(19-7-8-19)36(28(20)33-29)27-6-4-5-26(32-27)34-38(2,3)37/h4-6,9-12,15-17,19,22,24H,7-8,13-14H2,1-3H3,(H,30,31,33). The molecule has 2 bridgehead atoms. The van der Waals surface area contributed by atoms with E-state index in [0.29, 0.717) is 29.8 Å². The van der Waals surface area contributed by atoms with Gasteiger partial charge in [0.1, 0.15) is 5.82 Å². The number of rotatable bonds is 6. The molecule has 7 rings (SSSR count). The molecule has 0 spiro atoms. The summed E-state index contributed by atoms with van der Waals surface area (Å²) in [6, 6.07) is 17.5. The van der Waals surface area contributed by atoms with Crippen molar-refractivity contribution in [3.63, 3.8) is 0 Å². The van der Waals surface area contributed by atoms with Gasteiger partial charge in [-0.15, -0.1) is 0 Å². The van der Waals surface area contributed by atoms with Crippen LogP contribution in [0.3, 0.4) is 0 Å². The van der Waals surface area contributed by atoms with E-state index >= 15 is 0 Å². The lowest BCUT2D eigenvalue weighted by molar-refractivity contribution is 0.336. The number of benzene rings is 1. The number of aromatic nitrogens is 4. The molecule has 194 valence electrons. The van der Waals surface area contributed by atoms with Gasteiger partial charge in [-0.05, 0) is 80.1 Å². The van der Waals surface area contributed by atoms with Gasteiger partial charge in [0.25, 0.3) is 0 Å². The SMILES string of the molecule is CN1C2C=C(c3ccc(Nc4ncc5cc(C6CC6)n(-c6cccc(N=S(C)(C)=O)n6)c5n4)cc3)C1CC2. The largest absolute Gasteiger partial charge is 0.324 e. The summed E-state index contributed by atoms with van der Waals surface area (Å²) in [6.07, 6.45) is 12.3. The van der Waals surface area contributed by atoms with Gasteiger partial charge in [0, 0.05) is 57.3 Å². The Bertz CT molecular complexity index is 1700. The summed E-state index contributed by atoms with van der Waals surface area (Å²) in [7, 11) is -0.0848. The first-order valence-electron chi connectivity index (χ1n) is 13.2. The molecule has 38 heavy (non-hydrogen) atoms. The number of nitrogens with one attached hydrogen (secondary N) is 1. The van der Waals surface area contributed by atoms with Gasteiger partial charge in [-0.2, -0.15) is 9.35 Å². The third kappa shape index (κ3) is 4.29. The lowest BCUT2D eigenvalue weighted by atomic mass is 9.93. The van der Waals surface area contributed by atoms with Gasteiger partial charge >= 0.3 is 0 Å². The number of nitrogens with zero attached hydrogens (tertiary/aromatic N) is 6. The van der Waals surface area contributed by atoms with Crippen LogP contribution in [-0.2, 0) is 9.73 Å². The Morgan fingerprint density at radius 3 is 2.53 bits per heavy atom. The van der Waals surface area contributed by atoms with E-state index < -0.39 is 9.73 Å². The quantitative estimate of drug-likeness (QED) is 0.350. The lowest BCUT2D eigenvalue weighted by Crippen LogP contribution is -2.25. The smallest absolute Gasteiger partial charge is 0.229 e. The first kappa shape index (κ1) is 23.5. The van der Waals surface area contributed by atoms with E-state index in [4.69, 9.17) is 9.97 Å². The topological polar surface area (TPSA) is 88.3 Å². The van der Waals surface area contributed by atoms with Crippen molar-refractivity contribution in [1.82, 2.24) is 24.4 Å². The van der Waals surface area contributed by atoms with Gasteiger partial charge in [0.05, 0.1) is 0 Å². The maximum Gasteiger partial charge on any atom is 0.229 e. The Balaban J connectivity index is 1.22. The first-order valence-corrected chi connectivity index (χ1v) is 15.5. The minimum Gasteiger partial charge on any atom is -0.324 e. The fourth-order valence-corrected chi connectivity index (χ4v) is 6.38. The van der Waals surface area contributed by atoms with Crippen LogP contribution in [0, 0.1) is 0 Å². The Labute approximate surface area is 223 Å². The first-order chi connectivity index (χ1) is 18.3. The van der Waals surface area contributed by atoms with E-state index in [0.717, 1.165) is 35.4 Å². The molecule has 1 N–H and O–H groups in total. The maximum absolute atomic E-state index is 12.3. The van der Waals surface area contributed by atoms with Crippen molar-refractivity contribution in [2.24, 2.45) is 4.36 Å². The highest BCUT2D eigenvalue weighted by Crippen LogP contribution is 2.43. The molecule has 9 heteroatoms. The number of anilines is 2.